The molecule has 1 amide bonds. The van der Waals surface area contributed by atoms with Gasteiger partial charge in [0.15, 0.2) is 0 Å². The number of ether oxygens (including phenoxy) is 4. The molecular formula is C27H47NO7. The molecule has 2 aliphatic rings. The van der Waals surface area contributed by atoms with Gasteiger partial charge >= 0.3 is 18.0 Å². The van der Waals surface area contributed by atoms with Crippen LogP contribution in [0.25, 0.3) is 0 Å². The van der Waals surface area contributed by atoms with Gasteiger partial charge < -0.3 is 18.9 Å². The van der Waals surface area contributed by atoms with E-state index in [-0.39, 0.29) is 24.5 Å². The maximum atomic E-state index is 13.3. The number of hydrogen-bond donors (Lipinski definition) is 0. The average molecular weight is 498 g/mol. The first-order chi connectivity index (χ1) is 16.4. The second-order valence-corrected chi connectivity index (χ2v) is 11.6. The summed E-state index contributed by atoms with van der Waals surface area (Å²) in [6.07, 6.45) is 5.87. The van der Waals surface area contributed by atoms with E-state index in [1.54, 1.807) is 27.7 Å². The maximum absolute atomic E-state index is 13.3. The highest BCUT2D eigenvalue weighted by Gasteiger charge is 2.40. The minimum absolute atomic E-state index is 0.0617. The SMILES string of the molecule is COCN(C(=O)OC(C)(C)C)C1CCCC(CCC(C)C)C(OC(=O)C2CCCC2)C(C)OC1=O. The Morgan fingerprint density at radius 3 is 2.31 bits per heavy atom. The van der Waals surface area contributed by atoms with Gasteiger partial charge in [0.25, 0.3) is 0 Å². The van der Waals surface area contributed by atoms with Crippen molar-refractivity contribution in [1.29, 1.82) is 0 Å². The number of carbonyl (C=O) groups excluding carboxylic acids is 3. The van der Waals surface area contributed by atoms with Crippen LogP contribution >= 0.6 is 0 Å². The Balaban J connectivity index is 2.25. The Morgan fingerprint density at radius 2 is 1.74 bits per heavy atom. The minimum Gasteiger partial charge on any atom is -0.458 e. The summed E-state index contributed by atoms with van der Waals surface area (Å²) in [4.78, 5) is 40.5. The molecule has 35 heavy (non-hydrogen) atoms. The third-order valence-corrected chi connectivity index (χ3v) is 6.88. The van der Waals surface area contributed by atoms with Gasteiger partial charge in [-0.1, -0.05) is 39.5 Å². The first-order valence-electron chi connectivity index (χ1n) is 13.3. The standard InChI is InChI=1S/C27H47NO7/c1-18(2)15-16-20-13-10-14-22(28(17-32-7)26(31)35-27(4,5)6)25(30)33-19(3)23(20)34-24(29)21-11-8-9-12-21/h18-23H,8-17H2,1-7H3. The van der Waals surface area contributed by atoms with E-state index >= 15 is 0 Å². The highest BCUT2D eigenvalue weighted by molar-refractivity contribution is 5.81. The second-order valence-electron chi connectivity index (χ2n) is 11.6. The fraction of sp³-hybridized carbons (Fsp3) is 0.889. The first kappa shape index (κ1) is 29.4. The fourth-order valence-corrected chi connectivity index (χ4v) is 5.02. The van der Waals surface area contributed by atoms with Crippen molar-refractivity contribution >= 4 is 18.0 Å². The molecule has 4 atom stereocenters. The normalized spacial score (nSPS) is 26.5. The number of esters is 2. The van der Waals surface area contributed by atoms with Gasteiger partial charge in [0.05, 0.1) is 5.92 Å². The van der Waals surface area contributed by atoms with Crippen molar-refractivity contribution in [1.82, 2.24) is 4.90 Å². The van der Waals surface area contributed by atoms with Crippen LogP contribution < -0.4 is 0 Å². The van der Waals surface area contributed by atoms with Crippen molar-refractivity contribution < 1.29 is 33.3 Å². The summed E-state index contributed by atoms with van der Waals surface area (Å²) < 4.78 is 22.7. The lowest BCUT2D eigenvalue weighted by Gasteiger charge is -2.33. The number of rotatable bonds is 8. The van der Waals surface area contributed by atoms with Crippen molar-refractivity contribution in [3.05, 3.63) is 0 Å². The van der Waals surface area contributed by atoms with Crippen molar-refractivity contribution in [3.8, 4) is 0 Å². The van der Waals surface area contributed by atoms with E-state index in [1.807, 2.05) is 0 Å². The molecule has 0 spiro atoms. The smallest absolute Gasteiger partial charge is 0.412 e. The van der Waals surface area contributed by atoms with Crippen LogP contribution in [0, 0.1) is 17.8 Å². The van der Waals surface area contributed by atoms with Gasteiger partial charge in [-0.15, -0.1) is 0 Å². The van der Waals surface area contributed by atoms with Crippen LogP contribution in [0.4, 0.5) is 4.79 Å². The van der Waals surface area contributed by atoms with Gasteiger partial charge in [0.2, 0.25) is 0 Å². The van der Waals surface area contributed by atoms with Crippen LogP contribution in [-0.4, -0.2) is 60.6 Å². The van der Waals surface area contributed by atoms with Crippen LogP contribution in [-0.2, 0) is 28.5 Å². The van der Waals surface area contributed by atoms with Gasteiger partial charge in [-0.2, -0.15) is 0 Å². The highest BCUT2D eigenvalue weighted by atomic mass is 16.6. The van der Waals surface area contributed by atoms with E-state index in [1.165, 1.54) is 12.0 Å². The Morgan fingerprint density at radius 1 is 1.09 bits per heavy atom. The molecule has 0 N–H and O–H groups in total. The van der Waals surface area contributed by atoms with Crippen molar-refractivity contribution in [2.75, 3.05) is 13.8 Å². The van der Waals surface area contributed by atoms with E-state index in [9.17, 15) is 14.4 Å². The summed E-state index contributed by atoms with van der Waals surface area (Å²) >= 11 is 0. The molecule has 2 fully saturated rings. The summed E-state index contributed by atoms with van der Waals surface area (Å²) in [5, 5.41) is 0. The number of carbonyl (C=O) groups is 3. The Kier molecular flexibility index (Phi) is 11.3. The predicted octanol–water partition coefficient (Wildman–Crippen LogP) is 5.47. The van der Waals surface area contributed by atoms with E-state index in [0.717, 1.165) is 44.9 Å². The molecule has 1 saturated heterocycles. The zero-order valence-corrected chi connectivity index (χ0v) is 22.8. The topological polar surface area (TPSA) is 91.4 Å². The summed E-state index contributed by atoms with van der Waals surface area (Å²) in [5.41, 5.74) is -0.708. The van der Waals surface area contributed by atoms with E-state index in [2.05, 4.69) is 13.8 Å². The van der Waals surface area contributed by atoms with Crippen molar-refractivity contribution in [2.24, 2.45) is 17.8 Å². The molecule has 1 heterocycles. The molecule has 0 aromatic carbocycles. The van der Waals surface area contributed by atoms with E-state index in [4.69, 9.17) is 18.9 Å². The quantitative estimate of drug-likeness (QED) is 0.250. The van der Waals surface area contributed by atoms with Crippen LogP contribution in [0.5, 0.6) is 0 Å². The lowest BCUT2D eigenvalue weighted by atomic mass is 9.86. The number of nitrogens with zero attached hydrogens (tertiary/aromatic N) is 1. The van der Waals surface area contributed by atoms with Gasteiger partial charge in [0, 0.05) is 7.11 Å². The first-order valence-corrected chi connectivity index (χ1v) is 13.3. The second kappa shape index (κ2) is 13.5. The molecule has 0 radical (unpaired) electrons. The highest BCUT2D eigenvalue weighted by Crippen LogP contribution is 2.33. The van der Waals surface area contributed by atoms with Gasteiger partial charge in [-0.05, 0) is 71.6 Å². The zero-order chi connectivity index (χ0) is 26.2. The molecule has 8 nitrogen and oxygen atoms in total. The number of hydrogen-bond acceptors (Lipinski definition) is 7. The van der Waals surface area contributed by atoms with Crippen molar-refractivity contribution in [3.63, 3.8) is 0 Å². The molecule has 202 valence electrons. The van der Waals surface area contributed by atoms with Crippen molar-refractivity contribution in [2.45, 2.75) is 123 Å². The van der Waals surface area contributed by atoms with E-state index < -0.39 is 35.9 Å². The van der Waals surface area contributed by atoms with Gasteiger partial charge in [-0.25, -0.2) is 9.59 Å². The molecule has 1 aliphatic heterocycles. The molecular weight excluding hydrogens is 450 g/mol. The molecule has 0 aromatic heterocycles. The van der Waals surface area contributed by atoms with Gasteiger partial charge in [0.1, 0.15) is 30.6 Å². The molecule has 0 aromatic rings. The third kappa shape index (κ3) is 9.28. The predicted molar refractivity (Wildman–Crippen MR) is 133 cm³/mol. The number of methoxy groups -OCH3 is 1. The lowest BCUT2D eigenvalue weighted by molar-refractivity contribution is -0.177. The maximum Gasteiger partial charge on any atom is 0.412 e. The lowest BCUT2D eigenvalue weighted by Crippen LogP contribution is -2.49. The summed E-state index contributed by atoms with van der Waals surface area (Å²) in [6, 6.07) is -0.831. The number of cyclic esters (lactones) is 1. The largest absolute Gasteiger partial charge is 0.458 e. The van der Waals surface area contributed by atoms with Crippen LogP contribution in [0.2, 0.25) is 0 Å². The summed E-state index contributed by atoms with van der Waals surface area (Å²) in [7, 11) is 1.47. The molecule has 8 heteroatoms. The Bertz CT molecular complexity index is 696. The minimum atomic E-state index is -0.831. The van der Waals surface area contributed by atoms with Crippen LogP contribution in [0.1, 0.15) is 99.3 Å². The Labute approximate surface area is 211 Å². The van der Waals surface area contributed by atoms with Gasteiger partial charge in [-0.3, -0.25) is 9.69 Å². The third-order valence-electron chi connectivity index (χ3n) is 6.88. The molecule has 2 rings (SSSR count). The fourth-order valence-electron chi connectivity index (χ4n) is 5.02. The summed E-state index contributed by atoms with van der Waals surface area (Å²) in [5.74, 6) is -0.152. The van der Waals surface area contributed by atoms with Crippen LogP contribution in [0.3, 0.4) is 0 Å². The molecule has 0 bridgehead atoms. The van der Waals surface area contributed by atoms with E-state index in [0.29, 0.717) is 18.8 Å². The zero-order valence-electron chi connectivity index (χ0n) is 22.8. The monoisotopic (exact) mass is 497 g/mol. The molecule has 4 unspecified atom stereocenters. The molecule has 1 saturated carbocycles. The summed E-state index contributed by atoms with van der Waals surface area (Å²) in [6.45, 7) is 11.4. The average Bonchev–Trinajstić information content (AvgIpc) is 3.30. The number of amides is 1. The molecule has 1 aliphatic carbocycles. The Hall–Kier alpha value is -1.83. The van der Waals surface area contributed by atoms with Crippen LogP contribution in [0.15, 0.2) is 0 Å².